The molecule has 1 aromatic carbocycles. The number of primary amides is 1. The van der Waals surface area contributed by atoms with Crippen molar-refractivity contribution in [2.45, 2.75) is 24.0 Å². The van der Waals surface area contributed by atoms with Crippen LogP contribution in [-0.2, 0) is 14.8 Å². The fraction of sp³-hybridized carbons (Fsp3) is 0.462. The van der Waals surface area contributed by atoms with Crippen molar-refractivity contribution in [2.24, 2.45) is 11.5 Å². The summed E-state index contributed by atoms with van der Waals surface area (Å²) in [5, 5.41) is 0. The second-order valence-corrected chi connectivity index (χ2v) is 6.96. The quantitative estimate of drug-likeness (QED) is 0.779. The molecule has 0 spiro atoms. The molecule has 4 N–H and O–H groups in total. The van der Waals surface area contributed by atoms with Crippen LogP contribution in [0, 0.1) is 0 Å². The van der Waals surface area contributed by atoms with Gasteiger partial charge in [0.1, 0.15) is 0 Å². The number of hydrogen-bond acceptors (Lipinski definition) is 5. The summed E-state index contributed by atoms with van der Waals surface area (Å²) in [7, 11) is -3.63. The number of nitrogens with two attached hydrogens (primary N) is 2. The Morgan fingerprint density at radius 3 is 2.52 bits per heavy atom. The molecule has 1 amide bonds. The fourth-order valence-corrected chi connectivity index (χ4v) is 3.56. The molecule has 0 radical (unpaired) electrons. The van der Waals surface area contributed by atoms with Gasteiger partial charge in [0.05, 0.1) is 17.6 Å². The minimum absolute atomic E-state index is 0.123. The van der Waals surface area contributed by atoms with E-state index in [2.05, 4.69) is 0 Å². The zero-order valence-corrected chi connectivity index (χ0v) is 12.5. The molecule has 7 nitrogen and oxygen atoms in total. The molecule has 2 unspecified atom stereocenters. The summed E-state index contributed by atoms with van der Waals surface area (Å²) in [6.07, 6.45) is -0.321. The van der Waals surface area contributed by atoms with Gasteiger partial charge in [-0.2, -0.15) is 4.31 Å². The van der Waals surface area contributed by atoms with Crippen LogP contribution in [0.3, 0.4) is 0 Å². The third-order valence-electron chi connectivity index (χ3n) is 3.42. The third-order valence-corrected chi connectivity index (χ3v) is 5.30. The molecular weight excluding hydrogens is 294 g/mol. The second-order valence-electron chi connectivity index (χ2n) is 5.02. The van der Waals surface area contributed by atoms with Gasteiger partial charge >= 0.3 is 0 Å². The van der Waals surface area contributed by atoms with E-state index in [0.717, 1.165) is 0 Å². The Balaban J connectivity index is 2.22. The van der Waals surface area contributed by atoms with E-state index in [1.807, 2.05) is 0 Å². The number of sulfonamides is 1. The maximum Gasteiger partial charge on any atom is 0.248 e. The number of hydrogen-bond donors (Lipinski definition) is 2. The van der Waals surface area contributed by atoms with E-state index in [4.69, 9.17) is 16.2 Å². The summed E-state index contributed by atoms with van der Waals surface area (Å²) in [6.45, 7) is 2.59. The minimum atomic E-state index is -3.63. The van der Waals surface area contributed by atoms with E-state index in [-0.39, 0.29) is 35.7 Å². The van der Waals surface area contributed by atoms with E-state index < -0.39 is 15.9 Å². The van der Waals surface area contributed by atoms with Gasteiger partial charge in [-0.15, -0.1) is 0 Å². The molecule has 8 heteroatoms. The molecule has 21 heavy (non-hydrogen) atoms. The second kappa shape index (κ2) is 6.10. The van der Waals surface area contributed by atoms with Crippen LogP contribution in [0.25, 0.3) is 0 Å². The third kappa shape index (κ3) is 3.41. The number of ether oxygens (including phenoxy) is 1. The molecular formula is C13H19N3O4S. The van der Waals surface area contributed by atoms with Gasteiger partial charge in [0.25, 0.3) is 0 Å². The normalized spacial score (nSPS) is 21.9. The highest BCUT2D eigenvalue weighted by atomic mass is 32.2. The topological polar surface area (TPSA) is 116 Å². The van der Waals surface area contributed by atoms with Gasteiger partial charge in [0.15, 0.2) is 0 Å². The molecule has 1 heterocycles. The number of carbonyl (C=O) groups excluding carboxylic acids is 1. The lowest BCUT2D eigenvalue weighted by Gasteiger charge is -2.33. The van der Waals surface area contributed by atoms with Crippen LogP contribution < -0.4 is 11.5 Å². The van der Waals surface area contributed by atoms with Crippen LogP contribution >= 0.6 is 0 Å². The first-order chi connectivity index (χ1) is 9.82. The smallest absolute Gasteiger partial charge is 0.248 e. The molecule has 0 aromatic heterocycles. The molecule has 1 fully saturated rings. The van der Waals surface area contributed by atoms with Crippen molar-refractivity contribution in [1.29, 1.82) is 0 Å². The summed E-state index contributed by atoms with van der Waals surface area (Å²) in [5.74, 6) is -0.595. The Labute approximate surface area is 123 Å². The van der Waals surface area contributed by atoms with Crippen molar-refractivity contribution < 1.29 is 17.9 Å². The average molecular weight is 313 g/mol. The Kier molecular flexibility index (Phi) is 4.62. The van der Waals surface area contributed by atoms with Crippen LogP contribution in [0.4, 0.5) is 0 Å². The highest BCUT2D eigenvalue weighted by Crippen LogP contribution is 2.20. The number of benzene rings is 1. The highest BCUT2D eigenvalue weighted by molar-refractivity contribution is 7.89. The van der Waals surface area contributed by atoms with E-state index in [9.17, 15) is 13.2 Å². The molecule has 116 valence electrons. The number of rotatable bonds is 4. The number of amides is 1. The van der Waals surface area contributed by atoms with Gasteiger partial charge in [-0.3, -0.25) is 4.79 Å². The van der Waals surface area contributed by atoms with Gasteiger partial charge < -0.3 is 16.2 Å². The maximum atomic E-state index is 12.5. The van der Waals surface area contributed by atoms with Crippen LogP contribution in [0.5, 0.6) is 0 Å². The summed E-state index contributed by atoms with van der Waals surface area (Å²) in [6, 6.07) is 5.31. The van der Waals surface area contributed by atoms with E-state index >= 15 is 0 Å². The summed E-state index contributed by atoms with van der Waals surface area (Å²) >= 11 is 0. The van der Waals surface area contributed by atoms with Crippen molar-refractivity contribution in [3.8, 4) is 0 Å². The molecule has 1 aliphatic rings. The fourth-order valence-electron chi connectivity index (χ4n) is 2.13. The van der Waals surface area contributed by atoms with Crippen molar-refractivity contribution in [3.05, 3.63) is 29.8 Å². The molecule has 0 aliphatic carbocycles. The van der Waals surface area contributed by atoms with Crippen LogP contribution in [0.1, 0.15) is 17.3 Å². The summed E-state index contributed by atoms with van der Waals surface area (Å²) < 4.78 is 31.9. The standard InChI is InChI=1S/C13H19N3O4S/c1-9(14)12-8-16(6-7-20-12)21(18,19)11-4-2-10(3-5-11)13(15)17/h2-5,9,12H,6-8,14H2,1H3,(H2,15,17). The Bertz CT molecular complexity index is 613. The van der Waals surface area contributed by atoms with Crippen molar-refractivity contribution >= 4 is 15.9 Å². The van der Waals surface area contributed by atoms with Crippen molar-refractivity contribution in [1.82, 2.24) is 4.31 Å². The van der Waals surface area contributed by atoms with Crippen molar-refractivity contribution in [2.75, 3.05) is 19.7 Å². The van der Waals surface area contributed by atoms with E-state index in [1.54, 1.807) is 6.92 Å². The molecule has 2 atom stereocenters. The Morgan fingerprint density at radius 1 is 1.38 bits per heavy atom. The molecule has 0 bridgehead atoms. The maximum absolute atomic E-state index is 12.5. The largest absolute Gasteiger partial charge is 0.374 e. The average Bonchev–Trinajstić information content (AvgIpc) is 2.47. The number of morpholine rings is 1. The minimum Gasteiger partial charge on any atom is -0.374 e. The first kappa shape index (κ1) is 15.9. The first-order valence-corrected chi connectivity index (χ1v) is 8.03. The molecule has 2 rings (SSSR count). The first-order valence-electron chi connectivity index (χ1n) is 6.59. The van der Waals surface area contributed by atoms with Gasteiger partial charge in [0, 0.05) is 24.7 Å². The summed E-state index contributed by atoms with van der Waals surface area (Å²) in [5.41, 5.74) is 11.2. The molecule has 1 aliphatic heterocycles. The van der Waals surface area contributed by atoms with Crippen LogP contribution in [0.2, 0.25) is 0 Å². The SMILES string of the molecule is CC(N)C1CN(S(=O)(=O)c2ccc(C(N)=O)cc2)CCO1. The van der Waals surface area contributed by atoms with Gasteiger partial charge in [0.2, 0.25) is 15.9 Å². The monoisotopic (exact) mass is 313 g/mol. The number of carbonyl (C=O) groups is 1. The Hall–Kier alpha value is -1.48. The van der Waals surface area contributed by atoms with Crippen molar-refractivity contribution in [3.63, 3.8) is 0 Å². The zero-order chi connectivity index (χ0) is 15.6. The summed E-state index contributed by atoms with van der Waals surface area (Å²) in [4.78, 5) is 11.1. The van der Waals surface area contributed by atoms with E-state index in [0.29, 0.717) is 6.61 Å². The van der Waals surface area contributed by atoms with Gasteiger partial charge in [-0.1, -0.05) is 0 Å². The van der Waals surface area contributed by atoms with Gasteiger partial charge in [-0.05, 0) is 31.2 Å². The van der Waals surface area contributed by atoms with E-state index in [1.165, 1.54) is 28.6 Å². The Morgan fingerprint density at radius 2 is 2.00 bits per heavy atom. The lowest BCUT2D eigenvalue weighted by atomic mass is 10.2. The zero-order valence-electron chi connectivity index (χ0n) is 11.7. The predicted molar refractivity (Wildman–Crippen MR) is 77.1 cm³/mol. The van der Waals surface area contributed by atoms with Crippen LogP contribution in [-0.4, -0.2) is 50.5 Å². The molecule has 0 saturated carbocycles. The lowest BCUT2D eigenvalue weighted by Crippen LogP contribution is -2.51. The number of nitrogens with zero attached hydrogens (tertiary/aromatic N) is 1. The molecule has 1 saturated heterocycles. The molecule has 1 aromatic rings. The van der Waals surface area contributed by atoms with Gasteiger partial charge in [-0.25, -0.2) is 8.42 Å². The lowest BCUT2D eigenvalue weighted by molar-refractivity contribution is -0.0120. The predicted octanol–water partition coefficient (Wildman–Crippen LogP) is -0.478. The highest BCUT2D eigenvalue weighted by Gasteiger charge is 2.32. The van der Waals surface area contributed by atoms with Crippen LogP contribution in [0.15, 0.2) is 29.2 Å².